The highest BCUT2D eigenvalue weighted by Crippen LogP contribution is 2.24. The van der Waals surface area contributed by atoms with Gasteiger partial charge in [-0.05, 0) is 24.3 Å². The number of hydrogen-bond acceptors (Lipinski definition) is 5. The Morgan fingerprint density at radius 3 is 2.62 bits per heavy atom. The van der Waals surface area contributed by atoms with Crippen molar-refractivity contribution in [2.45, 2.75) is 0 Å². The Labute approximate surface area is 121 Å². The van der Waals surface area contributed by atoms with Gasteiger partial charge in [-0.2, -0.15) is 0 Å². The summed E-state index contributed by atoms with van der Waals surface area (Å²) in [5, 5.41) is 13.8. The molecule has 0 fully saturated rings. The Morgan fingerprint density at radius 2 is 1.95 bits per heavy atom. The van der Waals surface area contributed by atoms with Crippen molar-refractivity contribution in [3.05, 3.63) is 64.2 Å². The van der Waals surface area contributed by atoms with Crippen molar-refractivity contribution in [1.29, 1.82) is 0 Å². The molecule has 1 aliphatic rings. The van der Waals surface area contributed by atoms with Crippen LogP contribution in [-0.2, 0) is 0 Å². The lowest BCUT2D eigenvalue weighted by Gasteiger charge is -2.08. The zero-order valence-electron chi connectivity index (χ0n) is 11.2. The van der Waals surface area contributed by atoms with E-state index < -0.39 is 4.92 Å². The van der Waals surface area contributed by atoms with Gasteiger partial charge in [0.25, 0.3) is 5.69 Å². The molecule has 1 N–H and O–H groups in total. The van der Waals surface area contributed by atoms with Gasteiger partial charge in [-0.15, -0.1) is 0 Å². The average Bonchev–Trinajstić information content (AvgIpc) is 3.02. The molecule has 0 unspecified atom stereocenters. The third-order valence-corrected chi connectivity index (χ3v) is 3.06. The predicted octanol–water partition coefficient (Wildman–Crippen LogP) is 2.74. The van der Waals surface area contributed by atoms with E-state index in [0.717, 1.165) is 24.5 Å². The molecule has 0 saturated heterocycles. The van der Waals surface area contributed by atoms with Crippen LogP contribution in [0, 0.1) is 10.1 Å². The number of rotatable bonds is 4. The number of nitrogens with zero attached hydrogens (tertiary/aromatic N) is 2. The van der Waals surface area contributed by atoms with Crippen LogP contribution in [0.5, 0.6) is 11.5 Å². The quantitative estimate of drug-likeness (QED) is 0.691. The summed E-state index contributed by atoms with van der Waals surface area (Å²) >= 11 is 0. The van der Waals surface area contributed by atoms with Crippen molar-refractivity contribution in [2.24, 2.45) is 4.99 Å². The molecule has 3 rings (SSSR count). The number of nitro groups is 1. The number of hydrogen-bond donors (Lipinski definition) is 1. The lowest BCUT2D eigenvalue weighted by Crippen LogP contribution is -2.19. The molecule has 0 saturated carbocycles. The number of amidine groups is 1. The summed E-state index contributed by atoms with van der Waals surface area (Å²) in [5.74, 6) is 2.08. The summed E-state index contributed by atoms with van der Waals surface area (Å²) in [6, 6.07) is 13.6. The lowest BCUT2D eigenvalue weighted by molar-refractivity contribution is -0.384. The highest BCUT2D eigenvalue weighted by molar-refractivity contribution is 6.00. The van der Waals surface area contributed by atoms with Crippen molar-refractivity contribution >= 4 is 11.5 Å². The molecule has 0 spiro atoms. The van der Waals surface area contributed by atoms with E-state index in [1.54, 1.807) is 12.1 Å². The molecule has 0 bridgehead atoms. The second-order valence-corrected chi connectivity index (χ2v) is 4.54. The third-order valence-electron chi connectivity index (χ3n) is 3.06. The minimum Gasteiger partial charge on any atom is -0.457 e. The largest absolute Gasteiger partial charge is 0.457 e. The van der Waals surface area contributed by atoms with Crippen LogP contribution in [0.1, 0.15) is 5.56 Å². The van der Waals surface area contributed by atoms with Gasteiger partial charge in [0.1, 0.15) is 17.3 Å². The molecule has 106 valence electrons. The van der Waals surface area contributed by atoms with Crippen LogP contribution < -0.4 is 10.1 Å². The first-order valence-corrected chi connectivity index (χ1v) is 6.53. The summed E-state index contributed by atoms with van der Waals surface area (Å²) in [5.41, 5.74) is 1.01. The van der Waals surface area contributed by atoms with E-state index in [1.807, 2.05) is 24.3 Å². The predicted molar refractivity (Wildman–Crippen MR) is 79.0 cm³/mol. The van der Waals surface area contributed by atoms with Crippen molar-refractivity contribution in [3.8, 4) is 11.5 Å². The molecule has 1 heterocycles. The van der Waals surface area contributed by atoms with Crippen molar-refractivity contribution in [2.75, 3.05) is 13.1 Å². The monoisotopic (exact) mass is 283 g/mol. The smallest absolute Gasteiger partial charge is 0.269 e. The summed E-state index contributed by atoms with van der Waals surface area (Å²) < 4.78 is 5.71. The third kappa shape index (κ3) is 3.00. The summed E-state index contributed by atoms with van der Waals surface area (Å²) in [4.78, 5) is 14.5. The Kier molecular flexibility index (Phi) is 3.51. The Morgan fingerprint density at radius 1 is 1.14 bits per heavy atom. The van der Waals surface area contributed by atoms with Gasteiger partial charge in [-0.3, -0.25) is 15.1 Å². The number of ether oxygens (including phenoxy) is 1. The number of nitrogens with one attached hydrogen (secondary N) is 1. The Hall–Kier alpha value is -2.89. The van der Waals surface area contributed by atoms with Crippen LogP contribution in [0.25, 0.3) is 0 Å². The topological polar surface area (TPSA) is 76.8 Å². The summed E-state index contributed by atoms with van der Waals surface area (Å²) in [6.45, 7) is 1.63. The maximum absolute atomic E-state index is 10.6. The lowest BCUT2D eigenvalue weighted by atomic mass is 10.2. The molecular formula is C15H13N3O3. The van der Waals surface area contributed by atoms with Gasteiger partial charge in [0.15, 0.2) is 0 Å². The molecule has 6 heteroatoms. The van der Waals surface area contributed by atoms with Crippen molar-refractivity contribution in [3.63, 3.8) is 0 Å². The van der Waals surface area contributed by atoms with Gasteiger partial charge < -0.3 is 10.1 Å². The minimum atomic E-state index is -0.436. The second kappa shape index (κ2) is 5.62. The van der Waals surface area contributed by atoms with Crippen LogP contribution in [-0.4, -0.2) is 23.8 Å². The number of benzene rings is 2. The first-order valence-electron chi connectivity index (χ1n) is 6.53. The maximum Gasteiger partial charge on any atom is 0.269 e. The highest BCUT2D eigenvalue weighted by Gasteiger charge is 2.09. The highest BCUT2D eigenvalue weighted by atomic mass is 16.6. The molecule has 0 aromatic heterocycles. The standard InChI is InChI=1S/C15H13N3O3/c19-18(20)12-4-6-13(7-5-12)21-14-3-1-2-11(10-14)15-16-8-9-17-15/h1-7,10H,8-9H2,(H,16,17). The van der Waals surface area contributed by atoms with Gasteiger partial charge in [0, 0.05) is 24.2 Å². The van der Waals surface area contributed by atoms with Crippen LogP contribution in [0.3, 0.4) is 0 Å². The van der Waals surface area contributed by atoms with Crippen molar-refractivity contribution in [1.82, 2.24) is 5.32 Å². The zero-order chi connectivity index (χ0) is 14.7. The van der Waals surface area contributed by atoms with E-state index in [2.05, 4.69) is 10.3 Å². The molecule has 0 amide bonds. The molecule has 0 aliphatic carbocycles. The fourth-order valence-corrected chi connectivity index (χ4v) is 2.07. The van der Waals surface area contributed by atoms with Gasteiger partial charge >= 0.3 is 0 Å². The fourth-order valence-electron chi connectivity index (χ4n) is 2.07. The van der Waals surface area contributed by atoms with Gasteiger partial charge in [0.05, 0.1) is 11.5 Å². The first kappa shape index (κ1) is 13.1. The Bertz CT molecular complexity index is 696. The van der Waals surface area contributed by atoms with Gasteiger partial charge in [-0.1, -0.05) is 12.1 Å². The van der Waals surface area contributed by atoms with E-state index in [1.165, 1.54) is 12.1 Å². The van der Waals surface area contributed by atoms with Crippen LogP contribution in [0.2, 0.25) is 0 Å². The average molecular weight is 283 g/mol. The molecule has 0 radical (unpaired) electrons. The molecule has 2 aromatic carbocycles. The fraction of sp³-hybridized carbons (Fsp3) is 0.133. The van der Waals surface area contributed by atoms with Gasteiger partial charge in [-0.25, -0.2) is 0 Å². The van der Waals surface area contributed by atoms with Gasteiger partial charge in [0.2, 0.25) is 0 Å². The molecule has 2 aromatic rings. The zero-order valence-corrected chi connectivity index (χ0v) is 11.2. The van der Waals surface area contributed by atoms with Crippen LogP contribution >= 0.6 is 0 Å². The molecular weight excluding hydrogens is 270 g/mol. The van der Waals surface area contributed by atoms with Crippen LogP contribution in [0.4, 0.5) is 5.69 Å². The molecule has 0 atom stereocenters. The number of nitro benzene ring substituents is 1. The number of non-ortho nitro benzene ring substituents is 1. The van der Waals surface area contributed by atoms with Crippen LogP contribution in [0.15, 0.2) is 53.5 Å². The number of aliphatic imine (C=N–C) groups is 1. The normalized spacial score (nSPS) is 13.4. The SMILES string of the molecule is O=[N+]([O-])c1ccc(Oc2cccc(C3=NCCN3)c2)cc1. The van der Waals surface area contributed by atoms with E-state index in [4.69, 9.17) is 4.74 Å². The van der Waals surface area contributed by atoms with E-state index in [-0.39, 0.29) is 5.69 Å². The first-order chi connectivity index (χ1) is 10.2. The van der Waals surface area contributed by atoms with Crippen molar-refractivity contribution < 1.29 is 9.66 Å². The van der Waals surface area contributed by atoms with E-state index in [9.17, 15) is 10.1 Å². The van der Waals surface area contributed by atoms with E-state index >= 15 is 0 Å². The summed E-state index contributed by atoms with van der Waals surface area (Å²) in [6.07, 6.45) is 0. The summed E-state index contributed by atoms with van der Waals surface area (Å²) in [7, 11) is 0. The minimum absolute atomic E-state index is 0.0422. The molecule has 21 heavy (non-hydrogen) atoms. The second-order valence-electron chi connectivity index (χ2n) is 4.54. The Balaban J connectivity index is 1.78. The van der Waals surface area contributed by atoms with E-state index in [0.29, 0.717) is 11.5 Å². The molecule has 1 aliphatic heterocycles. The molecule has 6 nitrogen and oxygen atoms in total. The maximum atomic E-state index is 10.6.